The summed E-state index contributed by atoms with van der Waals surface area (Å²) in [4.78, 5) is 35.9. The molecule has 0 radical (unpaired) electrons. The number of nitrogens with one attached hydrogen (secondary N) is 1. The molecule has 1 N–H and O–H groups in total. The highest BCUT2D eigenvalue weighted by Crippen LogP contribution is 2.20. The van der Waals surface area contributed by atoms with Gasteiger partial charge < -0.3 is 9.88 Å². The zero-order valence-electron chi connectivity index (χ0n) is 14.3. The van der Waals surface area contributed by atoms with Crippen molar-refractivity contribution < 1.29 is 4.79 Å². The predicted octanol–water partition coefficient (Wildman–Crippen LogP) is 2.02. The van der Waals surface area contributed by atoms with Crippen molar-refractivity contribution in [3.63, 3.8) is 0 Å². The second-order valence-electron chi connectivity index (χ2n) is 5.70. The Morgan fingerprint density at radius 1 is 1.32 bits per heavy atom. The highest BCUT2D eigenvalue weighted by molar-refractivity contribution is 6.30. The fourth-order valence-corrected chi connectivity index (χ4v) is 2.68. The Labute approximate surface area is 150 Å². The quantitative estimate of drug-likeness (QED) is 0.828. The molecule has 0 saturated heterocycles. The monoisotopic (exact) mass is 361 g/mol. The lowest BCUT2D eigenvalue weighted by Crippen LogP contribution is -2.37. The summed E-state index contributed by atoms with van der Waals surface area (Å²) in [7, 11) is 2.94. The van der Waals surface area contributed by atoms with Gasteiger partial charge in [0.25, 0.3) is 5.56 Å². The number of amides is 1. The van der Waals surface area contributed by atoms with Crippen LogP contribution >= 0.6 is 11.6 Å². The molecule has 0 fully saturated rings. The number of nitrogens with zero attached hydrogens (tertiary/aromatic N) is 2. The van der Waals surface area contributed by atoms with Crippen LogP contribution in [0.2, 0.25) is 5.02 Å². The Kier molecular flexibility index (Phi) is 5.98. The van der Waals surface area contributed by atoms with E-state index in [4.69, 9.17) is 11.6 Å². The first kappa shape index (κ1) is 18.7. The second-order valence-corrected chi connectivity index (χ2v) is 6.14. The highest BCUT2D eigenvalue weighted by Gasteiger charge is 2.12. The summed E-state index contributed by atoms with van der Waals surface area (Å²) in [5.41, 5.74) is 0.304. The number of aryl methyl sites for hydroxylation is 1. The average Bonchev–Trinajstić information content (AvgIpc) is 2.59. The number of benzene rings is 1. The molecule has 132 valence electrons. The van der Waals surface area contributed by atoms with Crippen molar-refractivity contribution in [3.05, 3.63) is 73.5 Å². The molecule has 6 nitrogen and oxygen atoms in total. The molecule has 1 heterocycles. The maximum Gasteiger partial charge on any atom is 0.330 e. The first-order valence-corrected chi connectivity index (χ1v) is 8.22. The first-order chi connectivity index (χ1) is 11.8. The molecule has 0 aliphatic carbocycles. The molecule has 0 aliphatic heterocycles. The lowest BCUT2D eigenvalue weighted by molar-refractivity contribution is -0.117. The van der Waals surface area contributed by atoms with Crippen molar-refractivity contribution in [2.45, 2.75) is 19.4 Å². The van der Waals surface area contributed by atoms with Crippen LogP contribution in [0.15, 0.2) is 46.1 Å². The third-order valence-electron chi connectivity index (χ3n) is 3.86. The van der Waals surface area contributed by atoms with Crippen molar-refractivity contribution in [1.29, 1.82) is 0 Å². The molecular weight excluding hydrogens is 342 g/mol. The molecule has 1 aromatic heterocycles. The predicted molar refractivity (Wildman–Crippen MR) is 98.6 cm³/mol. The van der Waals surface area contributed by atoms with Gasteiger partial charge in [0.15, 0.2) is 0 Å². The number of aromatic nitrogens is 2. The van der Waals surface area contributed by atoms with E-state index >= 15 is 0 Å². The SMILES string of the molecule is CCC(NC(=O)/C=C/c1cn(C)c(=O)n(C)c1=O)c1cccc(Cl)c1. The van der Waals surface area contributed by atoms with E-state index in [-0.39, 0.29) is 17.5 Å². The summed E-state index contributed by atoms with van der Waals surface area (Å²) in [6.45, 7) is 1.96. The third-order valence-corrected chi connectivity index (χ3v) is 4.10. The fourth-order valence-electron chi connectivity index (χ4n) is 2.48. The average molecular weight is 362 g/mol. The Hall–Kier alpha value is -2.60. The van der Waals surface area contributed by atoms with Crippen LogP contribution < -0.4 is 16.6 Å². The highest BCUT2D eigenvalue weighted by atomic mass is 35.5. The Bertz CT molecular complexity index is 928. The van der Waals surface area contributed by atoms with Crippen LogP contribution in [-0.2, 0) is 18.9 Å². The van der Waals surface area contributed by atoms with Gasteiger partial charge in [-0.15, -0.1) is 0 Å². The normalized spacial score (nSPS) is 12.3. The number of hydrogen-bond acceptors (Lipinski definition) is 3. The van der Waals surface area contributed by atoms with E-state index in [1.54, 1.807) is 13.1 Å². The minimum absolute atomic E-state index is 0.182. The van der Waals surface area contributed by atoms with E-state index in [9.17, 15) is 14.4 Å². The van der Waals surface area contributed by atoms with E-state index in [0.717, 1.165) is 10.1 Å². The van der Waals surface area contributed by atoms with Gasteiger partial charge in [0.1, 0.15) is 0 Å². The van der Waals surface area contributed by atoms with Crippen LogP contribution in [0.3, 0.4) is 0 Å². The molecule has 1 aromatic carbocycles. The Morgan fingerprint density at radius 2 is 2.04 bits per heavy atom. The molecule has 1 amide bonds. The van der Waals surface area contributed by atoms with E-state index in [1.807, 2.05) is 25.1 Å². The lowest BCUT2D eigenvalue weighted by atomic mass is 10.0. The van der Waals surface area contributed by atoms with Crippen LogP contribution in [-0.4, -0.2) is 15.0 Å². The summed E-state index contributed by atoms with van der Waals surface area (Å²) in [6, 6.07) is 7.12. The molecule has 2 rings (SSSR count). The van der Waals surface area contributed by atoms with E-state index in [0.29, 0.717) is 11.4 Å². The molecule has 25 heavy (non-hydrogen) atoms. The molecule has 1 atom stereocenters. The molecule has 7 heteroatoms. The lowest BCUT2D eigenvalue weighted by Gasteiger charge is -2.16. The van der Waals surface area contributed by atoms with Crippen LogP contribution in [0, 0.1) is 0 Å². The van der Waals surface area contributed by atoms with Crippen LogP contribution in [0.5, 0.6) is 0 Å². The third kappa shape index (κ3) is 4.48. The number of rotatable bonds is 5. The molecule has 0 saturated carbocycles. The molecule has 1 unspecified atom stereocenters. The molecule has 0 aliphatic rings. The Morgan fingerprint density at radius 3 is 2.68 bits per heavy atom. The zero-order valence-corrected chi connectivity index (χ0v) is 15.1. The summed E-state index contributed by atoms with van der Waals surface area (Å²) in [6.07, 6.45) is 4.79. The topological polar surface area (TPSA) is 73.1 Å². The van der Waals surface area contributed by atoms with Gasteiger partial charge in [0.2, 0.25) is 5.91 Å². The van der Waals surface area contributed by atoms with Crippen molar-refractivity contribution >= 4 is 23.6 Å². The number of carbonyl (C=O) groups is 1. The number of halogens is 1. The largest absolute Gasteiger partial charge is 0.346 e. The van der Waals surface area contributed by atoms with Crippen LogP contribution in [0.25, 0.3) is 6.08 Å². The number of carbonyl (C=O) groups excluding carboxylic acids is 1. The molecule has 2 aromatic rings. The van der Waals surface area contributed by atoms with E-state index in [1.165, 1.54) is 30.0 Å². The first-order valence-electron chi connectivity index (χ1n) is 7.84. The summed E-state index contributed by atoms with van der Waals surface area (Å²) < 4.78 is 2.29. The van der Waals surface area contributed by atoms with Crippen molar-refractivity contribution in [1.82, 2.24) is 14.5 Å². The van der Waals surface area contributed by atoms with Gasteiger partial charge in [0, 0.05) is 31.4 Å². The van der Waals surface area contributed by atoms with Crippen molar-refractivity contribution in [2.24, 2.45) is 14.1 Å². The molecule has 0 spiro atoms. The van der Waals surface area contributed by atoms with Crippen LogP contribution in [0.4, 0.5) is 0 Å². The fraction of sp³-hybridized carbons (Fsp3) is 0.278. The maximum atomic E-state index is 12.2. The van der Waals surface area contributed by atoms with Crippen molar-refractivity contribution in [2.75, 3.05) is 0 Å². The minimum Gasteiger partial charge on any atom is -0.346 e. The molecule has 0 bridgehead atoms. The minimum atomic E-state index is -0.450. The van der Waals surface area contributed by atoms with E-state index < -0.39 is 11.2 Å². The van der Waals surface area contributed by atoms with Crippen molar-refractivity contribution in [3.8, 4) is 0 Å². The standard InChI is InChI=1S/C18H20ClN3O3/c1-4-15(12-6-5-7-14(19)10-12)20-16(23)9-8-13-11-21(2)18(25)22(3)17(13)24/h5-11,15H,4H2,1-3H3,(H,20,23)/b9-8+. The maximum absolute atomic E-state index is 12.2. The Balaban J connectivity index is 2.18. The summed E-state index contributed by atoms with van der Waals surface area (Å²) >= 11 is 5.99. The summed E-state index contributed by atoms with van der Waals surface area (Å²) in [5, 5.41) is 3.48. The number of hydrogen-bond donors (Lipinski definition) is 1. The van der Waals surface area contributed by atoms with Gasteiger partial charge in [0.05, 0.1) is 11.6 Å². The van der Waals surface area contributed by atoms with Gasteiger partial charge >= 0.3 is 5.69 Å². The van der Waals surface area contributed by atoms with Gasteiger partial charge in [-0.3, -0.25) is 14.2 Å². The van der Waals surface area contributed by atoms with Gasteiger partial charge in [-0.1, -0.05) is 30.7 Å². The smallest absolute Gasteiger partial charge is 0.330 e. The van der Waals surface area contributed by atoms with Gasteiger partial charge in [-0.2, -0.15) is 0 Å². The van der Waals surface area contributed by atoms with E-state index in [2.05, 4.69) is 5.32 Å². The molecular formula is C18H20ClN3O3. The van der Waals surface area contributed by atoms with Crippen LogP contribution in [0.1, 0.15) is 30.5 Å². The van der Waals surface area contributed by atoms with Gasteiger partial charge in [-0.05, 0) is 30.2 Å². The second kappa shape index (κ2) is 7.98. The van der Waals surface area contributed by atoms with Gasteiger partial charge in [-0.25, -0.2) is 4.79 Å². The summed E-state index contributed by atoms with van der Waals surface area (Å²) in [5.74, 6) is -0.331. The zero-order chi connectivity index (χ0) is 18.6.